The number of hydrogen-bond acceptors (Lipinski definition) is 7. The summed E-state index contributed by atoms with van der Waals surface area (Å²) >= 11 is 0. The van der Waals surface area contributed by atoms with Gasteiger partial charge in [-0.05, 0) is 33.4 Å². The second kappa shape index (κ2) is 18.6. The third kappa shape index (κ3) is 9.38. The first-order valence-electron chi connectivity index (χ1n) is 18.5. The lowest BCUT2D eigenvalue weighted by molar-refractivity contribution is -0.280. The lowest BCUT2D eigenvalue weighted by atomic mass is 9.80. The van der Waals surface area contributed by atoms with Crippen molar-refractivity contribution in [2.75, 3.05) is 6.61 Å². The highest BCUT2D eigenvalue weighted by Gasteiger charge is 2.49. The molecule has 0 saturated carbocycles. The van der Waals surface area contributed by atoms with E-state index in [4.69, 9.17) is 23.7 Å². The van der Waals surface area contributed by atoms with Crippen molar-refractivity contribution in [3.63, 3.8) is 0 Å². The van der Waals surface area contributed by atoms with E-state index >= 15 is 0 Å². The van der Waals surface area contributed by atoms with Gasteiger partial charge in [-0.1, -0.05) is 182 Å². The van der Waals surface area contributed by atoms with Gasteiger partial charge in [0, 0.05) is 0 Å². The van der Waals surface area contributed by atoms with Gasteiger partial charge in [0.1, 0.15) is 36.6 Å². The van der Waals surface area contributed by atoms with E-state index in [1.54, 1.807) is 0 Å². The third-order valence-electron chi connectivity index (χ3n) is 9.74. The molecule has 0 radical (unpaired) electrons. The van der Waals surface area contributed by atoms with E-state index in [-0.39, 0.29) is 26.4 Å². The molecule has 0 bridgehead atoms. The van der Waals surface area contributed by atoms with Crippen molar-refractivity contribution in [1.29, 1.82) is 0 Å². The van der Waals surface area contributed by atoms with Crippen molar-refractivity contribution >= 4 is 6.09 Å². The van der Waals surface area contributed by atoms with Crippen LogP contribution in [-0.4, -0.2) is 48.5 Å². The number of rotatable bonds is 15. The van der Waals surface area contributed by atoms with Crippen LogP contribution in [0.5, 0.6) is 0 Å². The molecule has 1 unspecified atom stereocenters. The summed E-state index contributed by atoms with van der Waals surface area (Å²) in [4.78, 5) is 13.3. The van der Waals surface area contributed by atoms with Gasteiger partial charge in [-0.25, -0.2) is 4.79 Å². The van der Waals surface area contributed by atoms with Crippen LogP contribution in [-0.2, 0) is 49.1 Å². The van der Waals surface area contributed by atoms with Gasteiger partial charge < -0.3 is 34.1 Å². The molecule has 0 spiro atoms. The molecule has 1 saturated heterocycles. The maximum absolute atomic E-state index is 13.3. The van der Waals surface area contributed by atoms with Crippen molar-refractivity contribution in [3.05, 3.63) is 215 Å². The van der Waals surface area contributed by atoms with E-state index in [1.807, 2.05) is 182 Å². The quantitative estimate of drug-likeness (QED) is 0.103. The molecule has 6 aromatic rings. The largest absolute Gasteiger partial charge is 0.445 e. The molecule has 8 heteroatoms. The first-order chi connectivity index (χ1) is 27.1. The number of carbonyl (C=O) groups is 1. The number of alkyl carbamates (subject to hydrolysis) is 1. The Morgan fingerprint density at radius 1 is 0.545 bits per heavy atom. The van der Waals surface area contributed by atoms with Crippen LogP contribution in [0.1, 0.15) is 33.4 Å². The number of benzene rings is 6. The molecular formula is C47H45NO7. The molecule has 8 nitrogen and oxygen atoms in total. The van der Waals surface area contributed by atoms with Gasteiger partial charge in [0.2, 0.25) is 0 Å². The van der Waals surface area contributed by atoms with Gasteiger partial charge in [-0.3, -0.25) is 0 Å². The summed E-state index contributed by atoms with van der Waals surface area (Å²) in [7, 11) is 0. The molecule has 7 rings (SSSR count). The minimum absolute atomic E-state index is 0.00836. The smallest absolute Gasteiger partial charge is 0.407 e. The highest BCUT2D eigenvalue weighted by molar-refractivity contribution is 5.67. The topological polar surface area (TPSA) is 95.5 Å². The van der Waals surface area contributed by atoms with Gasteiger partial charge >= 0.3 is 6.09 Å². The van der Waals surface area contributed by atoms with Crippen LogP contribution in [0.25, 0.3) is 0 Å². The molecule has 1 fully saturated rings. The molecule has 55 heavy (non-hydrogen) atoms. The normalized spacial score (nSPS) is 19.7. The van der Waals surface area contributed by atoms with E-state index < -0.39 is 42.3 Å². The maximum atomic E-state index is 13.3. The van der Waals surface area contributed by atoms with Gasteiger partial charge in [0.05, 0.1) is 19.8 Å². The molecule has 0 aliphatic carbocycles. The van der Waals surface area contributed by atoms with Crippen LogP contribution < -0.4 is 5.32 Å². The Balaban J connectivity index is 1.23. The van der Waals surface area contributed by atoms with Gasteiger partial charge in [-0.2, -0.15) is 0 Å². The highest BCUT2D eigenvalue weighted by atomic mass is 16.7. The number of ether oxygens (including phenoxy) is 5. The first-order valence-corrected chi connectivity index (χ1v) is 18.5. The van der Waals surface area contributed by atoms with Gasteiger partial charge in [-0.15, -0.1) is 0 Å². The average Bonchev–Trinajstić information content (AvgIpc) is 3.25. The molecule has 1 heterocycles. The predicted octanol–water partition coefficient (Wildman–Crippen LogP) is 8.18. The van der Waals surface area contributed by atoms with E-state index in [2.05, 4.69) is 5.32 Å². The first kappa shape index (κ1) is 37.7. The van der Waals surface area contributed by atoms with Crippen molar-refractivity contribution in [1.82, 2.24) is 5.32 Å². The minimum atomic E-state index is -1.49. The van der Waals surface area contributed by atoms with Crippen molar-refractivity contribution < 1.29 is 33.6 Å². The lowest BCUT2D eigenvalue weighted by Gasteiger charge is -2.46. The fourth-order valence-corrected chi connectivity index (χ4v) is 7.02. The Hall–Kier alpha value is -5.61. The number of aliphatic hydroxyl groups is 1. The van der Waals surface area contributed by atoms with E-state index in [9.17, 15) is 9.90 Å². The summed E-state index contributed by atoms with van der Waals surface area (Å²) in [5.41, 5.74) is 4.39. The second-order valence-corrected chi connectivity index (χ2v) is 13.4. The Morgan fingerprint density at radius 2 is 0.927 bits per heavy atom. The fourth-order valence-electron chi connectivity index (χ4n) is 7.02. The van der Waals surface area contributed by atoms with Crippen molar-refractivity contribution in [2.24, 2.45) is 0 Å². The van der Waals surface area contributed by atoms with Gasteiger partial charge in [0.25, 0.3) is 0 Å². The standard InChI is InChI=1S/C47H45NO7/c49-45-42(48-46(50)53-33-37-23-11-3-12-24-37)44(52-32-36-21-9-2-10-22-36)43(51-31-35-19-7-1-8-20-35)41(55-45)34-54-47(38-25-13-4-14-26-38,39-27-15-5-16-28-39)40-29-17-6-18-30-40/h1-30,41-45,49H,31-34H2,(H,48,50)/t41-,42-,43-,44-,45?/m0/s1. The fraction of sp³-hybridized carbons (Fsp3) is 0.213. The summed E-state index contributed by atoms with van der Waals surface area (Å²) in [6, 6.07) is 58.0. The van der Waals surface area contributed by atoms with E-state index in [0.717, 1.165) is 33.4 Å². The summed E-state index contributed by atoms with van der Waals surface area (Å²) in [6.45, 7) is 0.456. The van der Waals surface area contributed by atoms with Gasteiger partial charge in [0.15, 0.2) is 6.29 Å². The zero-order chi connectivity index (χ0) is 37.7. The molecular weight excluding hydrogens is 691 g/mol. The summed E-state index contributed by atoms with van der Waals surface area (Å²) in [6.07, 6.45) is -4.75. The average molecular weight is 736 g/mol. The minimum Gasteiger partial charge on any atom is -0.445 e. The molecule has 1 aliphatic rings. The van der Waals surface area contributed by atoms with Crippen LogP contribution in [0, 0.1) is 0 Å². The molecule has 5 atom stereocenters. The summed E-state index contributed by atoms with van der Waals surface area (Å²) in [5.74, 6) is 0. The molecule has 0 aromatic heterocycles. The lowest BCUT2D eigenvalue weighted by Crippen LogP contribution is -2.65. The Labute approximate surface area is 322 Å². The van der Waals surface area contributed by atoms with Crippen molar-refractivity contribution in [2.45, 2.75) is 56.1 Å². The number of nitrogens with one attached hydrogen (secondary N) is 1. The summed E-state index contributed by atoms with van der Waals surface area (Å²) in [5, 5.41) is 14.6. The van der Waals surface area contributed by atoms with Crippen LogP contribution in [0.4, 0.5) is 4.79 Å². The van der Waals surface area contributed by atoms with Crippen LogP contribution in [0.2, 0.25) is 0 Å². The molecule has 1 amide bonds. The molecule has 280 valence electrons. The third-order valence-corrected chi connectivity index (χ3v) is 9.74. The van der Waals surface area contributed by atoms with Crippen LogP contribution >= 0.6 is 0 Å². The predicted molar refractivity (Wildman–Crippen MR) is 210 cm³/mol. The molecule has 1 aliphatic heterocycles. The Morgan fingerprint density at radius 3 is 1.36 bits per heavy atom. The monoisotopic (exact) mass is 735 g/mol. The second-order valence-electron chi connectivity index (χ2n) is 13.4. The Kier molecular flexibility index (Phi) is 12.8. The maximum Gasteiger partial charge on any atom is 0.407 e. The highest BCUT2D eigenvalue weighted by Crippen LogP contribution is 2.41. The van der Waals surface area contributed by atoms with Crippen molar-refractivity contribution in [3.8, 4) is 0 Å². The van der Waals surface area contributed by atoms with E-state index in [1.165, 1.54) is 0 Å². The van der Waals surface area contributed by atoms with Crippen LogP contribution in [0.3, 0.4) is 0 Å². The molecule has 6 aromatic carbocycles. The van der Waals surface area contributed by atoms with E-state index in [0.29, 0.717) is 0 Å². The van der Waals surface area contributed by atoms with Crippen LogP contribution in [0.15, 0.2) is 182 Å². The number of hydrogen-bond donors (Lipinski definition) is 2. The Bertz CT molecular complexity index is 1920. The zero-order valence-electron chi connectivity index (χ0n) is 30.4. The number of carbonyl (C=O) groups excluding carboxylic acids is 1. The number of aliphatic hydroxyl groups excluding tert-OH is 1. The zero-order valence-corrected chi connectivity index (χ0v) is 30.4. The summed E-state index contributed by atoms with van der Waals surface area (Å²) < 4.78 is 32.5. The number of amides is 1. The SMILES string of the molecule is O=C(N[C@@H]1C(O)O[C@@H](COC(c2ccccc2)(c2ccccc2)c2ccccc2)[C@H](OCc2ccccc2)[C@H]1OCc1ccccc1)OCc1ccccc1. The molecule has 2 N–H and O–H groups in total.